The Morgan fingerprint density at radius 3 is 2.76 bits per heavy atom. The Morgan fingerprint density at radius 2 is 2.10 bits per heavy atom. The summed E-state index contributed by atoms with van der Waals surface area (Å²) in [7, 11) is 0. The van der Waals surface area contributed by atoms with Crippen LogP contribution in [0.25, 0.3) is 10.9 Å². The molecule has 0 bridgehead atoms. The van der Waals surface area contributed by atoms with Crippen molar-refractivity contribution in [3.05, 3.63) is 34.1 Å². The van der Waals surface area contributed by atoms with Gasteiger partial charge in [-0.1, -0.05) is 13.8 Å². The lowest BCUT2D eigenvalue weighted by atomic mass is 10.1. The molecule has 0 aliphatic heterocycles. The highest BCUT2D eigenvalue weighted by Gasteiger charge is 2.16. The third kappa shape index (κ3) is 2.86. The molecule has 1 aromatic heterocycles. The Bertz CT molecular complexity index is 778. The van der Waals surface area contributed by atoms with Gasteiger partial charge in [0.05, 0.1) is 10.9 Å². The van der Waals surface area contributed by atoms with Crippen molar-refractivity contribution >= 4 is 23.0 Å². The van der Waals surface area contributed by atoms with Crippen LogP contribution >= 0.6 is 0 Å². The fourth-order valence-electron chi connectivity index (χ4n) is 1.75. The average molecular weight is 289 g/mol. The van der Waals surface area contributed by atoms with Gasteiger partial charge in [0.1, 0.15) is 5.56 Å². The molecule has 2 aromatic rings. The van der Waals surface area contributed by atoms with Crippen molar-refractivity contribution < 1.29 is 15.0 Å². The zero-order valence-corrected chi connectivity index (χ0v) is 11.5. The Kier molecular flexibility index (Phi) is 3.93. The number of benzene rings is 1. The van der Waals surface area contributed by atoms with E-state index in [1.807, 2.05) is 13.8 Å². The fraction of sp³-hybridized carbons (Fsp3) is 0.214. The van der Waals surface area contributed by atoms with E-state index in [0.717, 1.165) is 0 Å². The quantitative estimate of drug-likeness (QED) is 0.387. The molecule has 0 saturated carbocycles. The summed E-state index contributed by atoms with van der Waals surface area (Å²) in [5, 5.41) is 22.8. The topological polar surface area (TPSA) is 115 Å². The molecule has 7 heteroatoms. The number of pyridine rings is 1. The van der Waals surface area contributed by atoms with Crippen molar-refractivity contribution in [1.82, 2.24) is 10.4 Å². The van der Waals surface area contributed by atoms with Crippen LogP contribution in [0.5, 0.6) is 11.5 Å². The summed E-state index contributed by atoms with van der Waals surface area (Å²) in [5.74, 6) is -1.53. The Balaban J connectivity index is 2.47. The lowest BCUT2D eigenvalue weighted by molar-refractivity contribution is 0.0953. The minimum atomic E-state index is -0.696. The van der Waals surface area contributed by atoms with Crippen LogP contribution in [0.15, 0.2) is 28.2 Å². The van der Waals surface area contributed by atoms with Crippen LogP contribution in [-0.4, -0.2) is 27.3 Å². The zero-order chi connectivity index (χ0) is 15.6. The number of hydrogen-bond acceptors (Lipinski definition) is 5. The van der Waals surface area contributed by atoms with Gasteiger partial charge in [-0.3, -0.25) is 9.59 Å². The van der Waals surface area contributed by atoms with Crippen molar-refractivity contribution in [2.75, 3.05) is 0 Å². The van der Waals surface area contributed by atoms with Gasteiger partial charge in [0, 0.05) is 12.4 Å². The van der Waals surface area contributed by atoms with Gasteiger partial charge in [0.2, 0.25) is 5.43 Å². The number of carbonyl (C=O) groups is 1. The van der Waals surface area contributed by atoms with Crippen LogP contribution < -0.4 is 10.9 Å². The molecule has 0 aliphatic carbocycles. The third-order valence-electron chi connectivity index (χ3n) is 2.78. The van der Waals surface area contributed by atoms with Gasteiger partial charge in [0.25, 0.3) is 5.91 Å². The molecule has 0 atom stereocenters. The number of fused-ring (bicyclic) bond motifs is 1. The lowest BCUT2D eigenvalue weighted by Crippen LogP contribution is -2.25. The number of nitrogens with one attached hydrogen (secondary N) is 2. The fourth-order valence-corrected chi connectivity index (χ4v) is 1.75. The number of hydrogen-bond donors (Lipinski definition) is 4. The Hall–Kier alpha value is -2.83. The zero-order valence-electron chi connectivity index (χ0n) is 11.5. The minimum Gasteiger partial charge on any atom is -0.504 e. The van der Waals surface area contributed by atoms with Gasteiger partial charge < -0.3 is 15.2 Å². The number of hydrazone groups is 1. The number of amides is 1. The molecular weight excluding hydrogens is 274 g/mol. The third-order valence-corrected chi connectivity index (χ3v) is 2.78. The summed E-state index contributed by atoms with van der Waals surface area (Å²) < 4.78 is 0. The van der Waals surface area contributed by atoms with Crippen molar-refractivity contribution in [2.45, 2.75) is 13.8 Å². The summed E-state index contributed by atoms with van der Waals surface area (Å²) in [4.78, 5) is 26.9. The van der Waals surface area contributed by atoms with Crippen LogP contribution in [0, 0.1) is 5.92 Å². The van der Waals surface area contributed by atoms with E-state index in [4.69, 9.17) is 0 Å². The van der Waals surface area contributed by atoms with E-state index in [1.54, 1.807) is 0 Å². The number of H-pyrrole nitrogens is 1. The van der Waals surface area contributed by atoms with Crippen molar-refractivity contribution in [3.8, 4) is 11.5 Å². The lowest BCUT2D eigenvalue weighted by Gasteiger charge is -2.05. The summed E-state index contributed by atoms with van der Waals surface area (Å²) in [5.41, 5.74) is 1.66. The van der Waals surface area contributed by atoms with Gasteiger partial charge in [-0.25, -0.2) is 5.43 Å². The van der Waals surface area contributed by atoms with Crippen LogP contribution in [0.3, 0.4) is 0 Å². The second kappa shape index (κ2) is 5.66. The number of phenols is 2. The predicted molar refractivity (Wildman–Crippen MR) is 78.7 cm³/mol. The maximum absolute atomic E-state index is 12.2. The van der Waals surface area contributed by atoms with E-state index >= 15 is 0 Å². The largest absolute Gasteiger partial charge is 0.504 e. The highest BCUT2D eigenvalue weighted by molar-refractivity contribution is 5.98. The molecule has 21 heavy (non-hydrogen) atoms. The van der Waals surface area contributed by atoms with Gasteiger partial charge in [-0.15, -0.1) is 0 Å². The van der Waals surface area contributed by atoms with Gasteiger partial charge in [-0.05, 0) is 18.1 Å². The van der Waals surface area contributed by atoms with Crippen LogP contribution in [0.1, 0.15) is 24.2 Å². The van der Waals surface area contributed by atoms with Gasteiger partial charge >= 0.3 is 0 Å². The standard InChI is InChI=1S/C14H15N3O4/c1-7(2)5-16-17-14(21)8-6-15-9-3-4-10(18)13(20)11(9)12(8)19/h3-7,18,20H,1-2H3,(H,15,19)(H,17,21). The highest BCUT2D eigenvalue weighted by atomic mass is 16.3. The van der Waals surface area contributed by atoms with E-state index in [0.29, 0.717) is 5.52 Å². The summed E-state index contributed by atoms with van der Waals surface area (Å²) in [6.45, 7) is 3.78. The van der Waals surface area contributed by atoms with Crippen LogP contribution in [0.2, 0.25) is 0 Å². The van der Waals surface area contributed by atoms with Crippen molar-refractivity contribution in [2.24, 2.45) is 11.0 Å². The molecule has 2 rings (SSSR count). The van der Waals surface area contributed by atoms with Crippen molar-refractivity contribution in [1.29, 1.82) is 0 Å². The monoisotopic (exact) mass is 289 g/mol. The van der Waals surface area contributed by atoms with Crippen LogP contribution in [0.4, 0.5) is 0 Å². The average Bonchev–Trinajstić information content (AvgIpc) is 2.42. The molecule has 110 valence electrons. The Labute approximate surface area is 119 Å². The molecule has 0 saturated heterocycles. The molecular formula is C14H15N3O4. The molecule has 0 unspecified atom stereocenters. The smallest absolute Gasteiger partial charge is 0.276 e. The van der Waals surface area contributed by atoms with Crippen molar-refractivity contribution in [3.63, 3.8) is 0 Å². The number of aromatic amines is 1. The molecule has 7 nitrogen and oxygen atoms in total. The van der Waals surface area contributed by atoms with Gasteiger partial charge in [0.15, 0.2) is 11.5 Å². The highest BCUT2D eigenvalue weighted by Crippen LogP contribution is 2.30. The first-order valence-electron chi connectivity index (χ1n) is 6.31. The number of aromatic nitrogens is 1. The maximum Gasteiger partial charge on any atom is 0.276 e. The van der Waals surface area contributed by atoms with E-state index in [2.05, 4.69) is 15.5 Å². The molecule has 1 heterocycles. The molecule has 0 aliphatic rings. The second-order valence-corrected chi connectivity index (χ2v) is 4.85. The molecule has 0 spiro atoms. The number of rotatable bonds is 3. The molecule has 1 amide bonds. The van der Waals surface area contributed by atoms with E-state index in [1.165, 1.54) is 24.5 Å². The first kappa shape index (κ1) is 14.6. The number of phenolic OH excluding ortho intramolecular Hbond substituents is 2. The van der Waals surface area contributed by atoms with E-state index < -0.39 is 22.8 Å². The number of aromatic hydroxyl groups is 2. The van der Waals surface area contributed by atoms with Gasteiger partial charge in [-0.2, -0.15) is 5.10 Å². The SMILES string of the molecule is CC(C)C=NNC(=O)c1c[nH]c2ccc(O)c(O)c2c1=O. The first-order valence-corrected chi connectivity index (χ1v) is 6.31. The van der Waals surface area contributed by atoms with E-state index in [-0.39, 0.29) is 16.9 Å². The maximum atomic E-state index is 12.2. The first-order chi connectivity index (χ1) is 9.91. The summed E-state index contributed by atoms with van der Waals surface area (Å²) in [6, 6.07) is 2.69. The van der Waals surface area contributed by atoms with E-state index in [9.17, 15) is 19.8 Å². The minimum absolute atomic E-state index is 0.143. The normalized spacial score (nSPS) is 11.4. The summed E-state index contributed by atoms with van der Waals surface area (Å²) >= 11 is 0. The molecule has 0 radical (unpaired) electrons. The molecule has 0 fully saturated rings. The molecule has 4 N–H and O–H groups in total. The molecule has 1 aromatic carbocycles. The predicted octanol–water partition coefficient (Wildman–Crippen LogP) is 1.31. The second-order valence-electron chi connectivity index (χ2n) is 4.85. The number of nitrogens with zero attached hydrogens (tertiary/aromatic N) is 1. The number of carbonyl (C=O) groups excluding carboxylic acids is 1. The van der Waals surface area contributed by atoms with Crippen LogP contribution in [-0.2, 0) is 0 Å². The summed E-state index contributed by atoms with van der Waals surface area (Å²) in [6.07, 6.45) is 2.76. The Morgan fingerprint density at radius 1 is 1.38 bits per heavy atom.